The molecule has 1 aromatic rings. The average molecular weight is 278 g/mol. The summed E-state index contributed by atoms with van der Waals surface area (Å²) in [7, 11) is 0. The standard InChI is InChI=1S/C15H22N2OS/c16-10-15(7-1-2-8-15)14(18)17-12-4-3-5-13-11(12)6-9-19-13/h6,9,12H,1-5,7-8,10,16H2,(H,17,18). The lowest BCUT2D eigenvalue weighted by atomic mass is 9.84. The van der Waals surface area contributed by atoms with E-state index in [4.69, 9.17) is 5.73 Å². The first-order chi connectivity index (χ1) is 9.25. The van der Waals surface area contributed by atoms with E-state index in [2.05, 4.69) is 16.8 Å². The Hall–Kier alpha value is -0.870. The number of rotatable bonds is 3. The van der Waals surface area contributed by atoms with Crippen LogP contribution in [0.15, 0.2) is 11.4 Å². The van der Waals surface area contributed by atoms with Gasteiger partial charge >= 0.3 is 0 Å². The van der Waals surface area contributed by atoms with E-state index in [9.17, 15) is 4.79 Å². The van der Waals surface area contributed by atoms with E-state index in [1.54, 1.807) is 0 Å². The molecule has 104 valence electrons. The fraction of sp³-hybridized carbons (Fsp3) is 0.667. The van der Waals surface area contributed by atoms with Crippen molar-refractivity contribution in [2.24, 2.45) is 11.1 Å². The fourth-order valence-electron chi connectivity index (χ4n) is 3.52. The Morgan fingerprint density at radius 3 is 2.95 bits per heavy atom. The van der Waals surface area contributed by atoms with E-state index in [0.29, 0.717) is 6.54 Å². The van der Waals surface area contributed by atoms with Gasteiger partial charge in [-0.05, 0) is 49.1 Å². The van der Waals surface area contributed by atoms with Crippen LogP contribution in [0.4, 0.5) is 0 Å². The first-order valence-electron chi connectivity index (χ1n) is 7.32. The number of hydrogen-bond acceptors (Lipinski definition) is 3. The van der Waals surface area contributed by atoms with Gasteiger partial charge in [-0.25, -0.2) is 0 Å². The first kappa shape index (κ1) is 13.1. The van der Waals surface area contributed by atoms with E-state index in [-0.39, 0.29) is 17.4 Å². The molecule has 0 bridgehead atoms. The summed E-state index contributed by atoms with van der Waals surface area (Å²) in [5.74, 6) is 0.191. The zero-order chi connectivity index (χ0) is 13.3. The number of aryl methyl sites for hydroxylation is 1. The van der Waals surface area contributed by atoms with Crippen molar-refractivity contribution in [1.29, 1.82) is 0 Å². The molecule has 1 amide bonds. The Balaban J connectivity index is 1.74. The van der Waals surface area contributed by atoms with Crippen LogP contribution in [0.2, 0.25) is 0 Å². The summed E-state index contributed by atoms with van der Waals surface area (Å²) in [5, 5.41) is 5.42. The highest BCUT2D eigenvalue weighted by molar-refractivity contribution is 7.10. The number of nitrogens with one attached hydrogen (secondary N) is 1. The zero-order valence-electron chi connectivity index (χ0n) is 11.3. The zero-order valence-corrected chi connectivity index (χ0v) is 12.1. The first-order valence-corrected chi connectivity index (χ1v) is 8.20. The van der Waals surface area contributed by atoms with Crippen molar-refractivity contribution in [3.8, 4) is 0 Å². The molecule has 1 heterocycles. The van der Waals surface area contributed by atoms with Crippen molar-refractivity contribution < 1.29 is 4.79 Å². The Labute approximate surface area is 118 Å². The molecule has 19 heavy (non-hydrogen) atoms. The van der Waals surface area contributed by atoms with Crippen molar-refractivity contribution in [2.75, 3.05) is 6.54 Å². The maximum Gasteiger partial charge on any atom is 0.227 e. The average Bonchev–Trinajstić information content (AvgIpc) is 3.08. The van der Waals surface area contributed by atoms with Crippen LogP contribution < -0.4 is 11.1 Å². The molecule has 0 spiro atoms. The Bertz CT molecular complexity index is 462. The molecule has 0 radical (unpaired) electrons. The van der Waals surface area contributed by atoms with Gasteiger partial charge in [-0.2, -0.15) is 0 Å². The van der Waals surface area contributed by atoms with Crippen molar-refractivity contribution >= 4 is 17.2 Å². The Morgan fingerprint density at radius 2 is 2.21 bits per heavy atom. The molecule has 0 saturated heterocycles. The third-order valence-corrected chi connectivity index (χ3v) is 5.79. The van der Waals surface area contributed by atoms with Crippen LogP contribution in [0.3, 0.4) is 0 Å². The van der Waals surface area contributed by atoms with E-state index >= 15 is 0 Å². The monoisotopic (exact) mass is 278 g/mol. The summed E-state index contributed by atoms with van der Waals surface area (Å²) in [6.45, 7) is 0.488. The van der Waals surface area contributed by atoms with Crippen LogP contribution in [0.5, 0.6) is 0 Å². The largest absolute Gasteiger partial charge is 0.349 e. The van der Waals surface area contributed by atoms with Gasteiger partial charge in [0.25, 0.3) is 0 Å². The van der Waals surface area contributed by atoms with Gasteiger partial charge in [0.05, 0.1) is 11.5 Å². The number of carbonyl (C=O) groups excluding carboxylic acids is 1. The molecule has 1 unspecified atom stereocenters. The summed E-state index contributed by atoms with van der Waals surface area (Å²) in [4.78, 5) is 14.1. The number of thiophene rings is 1. The predicted octanol–water partition coefficient (Wildman–Crippen LogP) is 2.76. The molecule has 0 aromatic carbocycles. The molecule has 3 nitrogen and oxygen atoms in total. The van der Waals surface area contributed by atoms with Gasteiger partial charge in [-0.15, -0.1) is 11.3 Å². The van der Waals surface area contributed by atoms with Crippen LogP contribution >= 0.6 is 11.3 Å². The van der Waals surface area contributed by atoms with Crippen LogP contribution in [-0.2, 0) is 11.2 Å². The highest BCUT2D eigenvalue weighted by Crippen LogP contribution is 2.39. The Kier molecular flexibility index (Phi) is 3.63. The smallest absolute Gasteiger partial charge is 0.227 e. The predicted molar refractivity (Wildman–Crippen MR) is 78.1 cm³/mol. The minimum absolute atomic E-state index is 0.191. The maximum atomic E-state index is 12.6. The van der Waals surface area contributed by atoms with Gasteiger partial charge in [0.1, 0.15) is 0 Å². The molecule has 1 atom stereocenters. The van der Waals surface area contributed by atoms with Crippen LogP contribution in [0.1, 0.15) is 55.0 Å². The summed E-state index contributed by atoms with van der Waals surface area (Å²) >= 11 is 1.82. The fourth-order valence-corrected chi connectivity index (χ4v) is 4.51. The van der Waals surface area contributed by atoms with E-state index in [1.165, 1.54) is 23.3 Å². The maximum absolute atomic E-state index is 12.6. The van der Waals surface area contributed by atoms with Crippen LogP contribution in [0, 0.1) is 5.41 Å². The topological polar surface area (TPSA) is 55.1 Å². The van der Waals surface area contributed by atoms with Crippen molar-refractivity contribution in [3.63, 3.8) is 0 Å². The second-order valence-corrected chi connectivity index (χ2v) is 6.91. The highest BCUT2D eigenvalue weighted by Gasteiger charge is 2.40. The molecule has 0 aliphatic heterocycles. The molecule has 3 N–H and O–H groups in total. The van der Waals surface area contributed by atoms with Crippen molar-refractivity contribution in [1.82, 2.24) is 5.32 Å². The molecule has 2 aliphatic carbocycles. The van der Waals surface area contributed by atoms with Gasteiger partial charge in [0, 0.05) is 11.4 Å². The van der Waals surface area contributed by atoms with Gasteiger partial charge in [-0.1, -0.05) is 12.8 Å². The number of carbonyl (C=O) groups is 1. The summed E-state index contributed by atoms with van der Waals surface area (Å²) < 4.78 is 0. The quantitative estimate of drug-likeness (QED) is 0.893. The summed E-state index contributed by atoms with van der Waals surface area (Å²) in [6, 6.07) is 2.39. The number of hydrogen-bond donors (Lipinski definition) is 2. The second kappa shape index (κ2) is 5.25. The minimum atomic E-state index is -0.284. The summed E-state index contributed by atoms with van der Waals surface area (Å²) in [5.41, 5.74) is 6.95. The number of amides is 1. The van der Waals surface area contributed by atoms with Crippen LogP contribution in [0.25, 0.3) is 0 Å². The Morgan fingerprint density at radius 1 is 1.42 bits per heavy atom. The molecule has 4 heteroatoms. The van der Waals surface area contributed by atoms with E-state index in [1.807, 2.05) is 11.3 Å². The third kappa shape index (κ3) is 2.32. The molecular formula is C15H22N2OS. The number of nitrogens with two attached hydrogens (primary N) is 1. The molecule has 1 saturated carbocycles. The lowest BCUT2D eigenvalue weighted by Crippen LogP contribution is -2.45. The summed E-state index contributed by atoms with van der Waals surface area (Å²) in [6.07, 6.45) is 7.60. The van der Waals surface area contributed by atoms with Crippen LogP contribution in [-0.4, -0.2) is 12.5 Å². The second-order valence-electron chi connectivity index (χ2n) is 5.91. The molecule has 1 aromatic heterocycles. The molecule has 2 aliphatic rings. The molecule has 1 fully saturated rings. The van der Waals surface area contributed by atoms with Gasteiger partial charge in [0.2, 0.25) is 5.91 Å². The lowest BCUT2D eigenvalue weighted by Gasteiger charge is -2.31. The van der Waals surface area contributed by atoms with Crippen molar-refractivity contribution in [3.05, 3.63) is 21.9 Å². The highest BCUT2D eigenvalue weighted by atomic mass is 32.1. The SMILES string of the molecule is NCC1(C(=O)NC2CCCc3sccc32)CCCC1. The van der Waals surface area contributed by atoms with E-state index < -0.39 is 0 Å². The third-order valence-electron chi connectivity index (χ3n) is 4.79. The lowest BCUT2D eigenvalue weighted by molar-refractivity contribution is -0.131. The van der Waals surface area contributed by atoms with Gasteiger partial charge in [0.15, 0.2) is 0 Å². The number of fused-ring (bicyclic) bond motifs is 1. The molecule has 3 rings (SSSR count). The van der Waals surface area contributed by atoms with E-state index in [0.717, 1.165) is 32.1 Å². The molecular weight excluding hydrogens is 256 g/mol. The minimum Gasteiger partial charge on any atom is -0.349 e. The normalized spacial score (nSPS) is 25.0. The van der Waals surface area contributed by atoms with Gasteiger partial charge < -0.3 is 11.1 Å². The van der Waals surface area contributed by atoms with Gasteiger partial charge in [-0.3, -0.25) is 4.79 Å². The van der Waals surface area contributed by atoms with Crippen molar-refractivity contribution in [2.45, 2.75) is 51.0 Å².